The molecular formula is C22H21BrClNO. The monoisotopic (exact) mass is 429 g/mol. The molecule has 0 aromatic heterocycles. The molecule has 0 aliphatic carbocycles. The number of aryl methyl sites for hydroxylation is 1. The van der Waals surface area contributed by atoms with Crippen LogP contribution in [0.5, 0.6) is 5.75 Å². The van der Waals surface area contributed by atoms with E-state index in [2.05, 4.69) is 64.6 Å². The standard InChI is InChI=1S/C22H21BrClNO/c1-2-16-7-10-19(11-8-16)25-14-17-9-12-22(20(23)13-17)26-15-18-5-3-4-6-21(18)24/h3-13,25H,2,14-15H2,1H3. The molecule has 0 aliphatic heterocycles. The van der Waals surface area contributed by atoms with Gasteiger partial charge in [0, 0.05) is 22.8 Å². The van der Waals surface area contributed by atoms with Crippen LogP contribution in [0.2, 0.25) is 5.02 Å². The molecule has 0 heterocycles. The highest BCUT2D eigenvalue weighted by molar-refractivity contribution is 9.10. The summed E-state index contributed by atoms with van der Waals surface area (Å²) in [6, 6.07) is 22.4. The van der Waals surface area contributed by atoms with Gasteiger partial charge in [0.05, 0.1) is 4.47 Å². The molecule has 0 bridgehead atoms. The summed E-state index contributed by atoms with van der Waals surface area (Å²) in [6.07, 6.45) is 1.06. The Kier molecular flexibility index (Phi) is 6.59. The van der Waals surface area contributed by atoms with Gasteiger partial charge < -0.3 is 10.1 Å². The molecule has 3 rings (SSSR count). The summed E-state index contributed by atoms with van der Waals surface area (Å²) in [7, 11) is 0. The lowest BCUT2D eigenvalue weighted by Gasteiger charge is -2.12. The summed E-state index contributed by atoms with van der Waals surface area (Å²) in [5, 5.41) is 4.17. The summed E-state index contributed by atoms with van der Waals surface area (Å²) in [5.41, 5.74) is 4.62. The highest BCUT2D eigenvalue weighted by Gasteiger charge is 2.05. The molecule has 0 amide bonds. The SMILES string of the molecule is CCc1ccc(NCc2ccc(OCc3ccccc3Cl)c(Br)c2)cc1. The average molecular weight is 431 g/mol. The van der Waals surface area contributed by atoms with Crippen molar-refractivity contribution < 1.29 is 4.74 Å². The molecule has 26 heavy (non-hydrogen) atoms. The Morgan fingerprint density at radius 3 is 2.38 bits per heavy atom. The van der Waals surface area contributed by atoms with Crippen LogP contribution in [-0.2, 0) is 19.6 Å². The Hall–Kier alpha value is -1.97. The number of benzene rings is 3. The third-order valence-electron chi connectivity index (χ3n) is 4.20. The maximum atomic E-state index is 6.17. The Balaban J connectivity index is 1.59. The van der Waals surface area contributed by atoms with Gasteiger partial charge in [-0.15, -0.1) is 0 Å². The van der Waals surface area contributed by atoms with Crippen LogP contribution < -0.4 is 10.1 Å². The normalized spacial score (nSPS) is 10.6. The van der Waals surface area contributed by atoms with E-state index in [9.17, 15) is 0 Å². The number of halogens is 2. The largest absolute Gasteiger partial charge is 0.488 e. The van der Waals surface area contributed by atoms with Crippen molar-refractivity contribution in [2.45, 2.75) is 26.5 Å². The van der Waals surface area contributed by atoms with Gasteiger partial charge >= 0.3 is 0 Å². The van der Waals surface area contributed by atoms with Crippen molar-refractivity contribution in [3.63, 3.8) is 0 Å². The summed E-state index contributed by atoms with van der Waals surface area (Å²) in [4.78, 5) is 0. The predicted molar refractivity (Wildman–Crippen MR) is 113 cm³/mol. The van der Waals surface area contributed by atoms with Crippen molar-refractivity contribution >= 4 is 33.2 Å². The van der Waals surface area contributed by atoms with E-state index in [-0.39, 0.29) is 0 Å². The first-order valence-electron chi connectivity index (χ1n) is 8.63. The minimum atomic E-state index is 0.444. The van der Waals surface area contributed by atoms with Crippen molar-refractivity contribution in [2.75, 3.05) is 5.32 Å². The van der Waals surface area contributed by atoms with Crippen LogP contribution in [0.25, 0.3) is 0 Å². The van der Waals surface area contributed by atoms with Gasteiger partial charge in [0.15, 0.2) is 0 Å². The number of nitrogens with one attached hydrogen (secondary N) is 1. The van der Waals surface area contributed by atoms with Crippen LogP contribution in [0.1, 0.15) is 23.6 Å². The molecule has 134 valence electrons. The molecule has 0 saturated carbocycles. The fourth-order valence-electron chi connectivity index (χ4n) is 2.60. The van der Waals surface area contributed by atoms with Gasteiger partial charge in [0.1, 0.15) is 12.4 Å². The van der Waals surface area contributed by atoms with Crippen molar-refractivity contribution in [1.82, 2.24) is 0 Å². The number of anilines is 1. The van der Waals surface area contributed by atoms with Gasteiger partial charge in [0.25, 0.3) is 0 Å². The van der Waals surface area contributed by atoms with Crippen LogP contribution in [0.15, 0.2) is 71.2 Å². The molecular weight excluding hydrogens is 410 g/mol. The smallest absolute Gasteiger partial charge is 0.134 e. The molecule has 3 aromatic rings. The zero-order chi connectivity index (χ0) is 18.4. The van der Waals surface area contributed by atoms with E-state index in [1.165, 1.54) is 11.1 Å². The van der Waals surface area contributed by atoms with Gasteiger partial charge in [-0.2, -0.15) is 0 Å². The van der Waals surface area contributed by atoms with Gasteiger partial charge in [-0.25, -0.2) is 0 Å². The summed E-state index contributed by atoms with van der Waals surface area (Å²) < 4.78 is 6.83. The van der Waals surface area contributed by atoms with E-state index >= 15 is 0 Å². The number of hydrogen-bond donors (Lipinski definition) is 1. The quantitative estimate of drug-likeness (QED) is 0.442. The molecule has 0 radical (unpaired) electrons. The van der Waals surface area contributed by atoms with E-state index < -0.39 is 0 Å². The molecule has 3 aromatic carbocycles. The first-order valence-corrected chi connectivity index (χ1v) is 9.80. The van der Waals surface area contributed by atoms with E-state index in [0.717, 1.165) is 39.5 Å². The fourth-order valence-corrected chi connectivity index (χ4v) is 3.34. The topological polar surface area (TPSA) is 21.3 Å². The maximum absolute atomic E-state index is 6.17. The van der Waals surface area contributed by atoms with Crippen molar-refractivity contribution in [3.05, 3.63) is 92.9 Å². The lowest BCUT2D eigenvalue weighted by atomic mass is 10.1. The fraction of sp³-hybridized carbons (Fsp3) is 0.182. The Bertz CT molecular complexity index is 864. The second kappa shape index (κ2) is 9.11. The van der Waals surface area contributed by atoms with E-state index in [1.807, 2.05) is 30.3 Å². The number of hydrogen-bond acceptors (Lipinski definition) is 2. The van der Waals surface area contributed by atoms with Gasteiger partial charge in [-0.1, -0.05) is 54.9 Å². The summed E-state index contributed by atoms with van der Waals surface area (Å²) >= 11 is 9.77. The minimum absolute atomic E-state index is 0.444. The first-order chi connectivity index (χ1) is 12.7. The summed E-state index contributed by atoms with van der Waals surface area (Å²) in [5.74, 6) is 0.806. The van der Waals surface area contributed by atoms with Crippen LogP contribution >= 0.6 is 27.5 Å². The minimum Gasteiger partial charge on any atom is -0.488 e. The lowest BCUT2D eigenvalue weighted by Crippen LogP contribution is -2.01. The first kappa shape index (κ1) is 18.8. The third kappa shape index (κ3) is 5.03. The highest BCUT2D eigenvalue weighted by Crippen LogP contribution is 2.28. The van der Waals surface area contributed by atoms with E-state index in [0.29, 0.717) is 6.61 Å². The molecule has 4 heteroatoms. The molecule has 0 unspecified atom stereocenters. The van der Waals surface area contributed by atoms with Crippen molar-refractivity contribution in [1.29, 1.82) is 0 Å². The molecule has 0 fully saturated rings. The van der Waals surface area contributed by atoms with Gasteiger partial charge in [0.2, 0.25) is 0 Å². The zero-order valence-corrected chi connectivity index (χ0v) is 17.0. The third-order valence-corrected chi connectivity index (χ3v) is 5.18. The Labute approximate surface area is 168 Å². The highest BCUT2D eigenvalue weighted by atomic mass is 79.9. The molecule has 0 saturated heterocycles. The average Bonchev–Trinajstić information content (AvgIpc) is 2.67. The number of ether oxygens (including phenoxy) is 1. The molecule has 0 aliphatic rings. The van der Waals surface area contributed by atoms with Crippen LogP contribution in [0, 0.1) is 0 Å². The molecule has 1 N–H and O–H groups in total. The maximum Gasteiger partial charge on any atom is 0.134 e. The van der Waals surface area contributed by atoms with Crippen LogP contribution in [0.3, 0.4) is 0 Å². The Morgan fingerprint density at radius 1 is 0.962 bits per heavy atom. The number of rotatable bonds is 7. The Morgan fingerprint density at radius 2 is 1.69 bits per heavy atom. The van der Waals surface area contributed by atoms with E-state index in [1.54, 1.807) is 0 Å². The summed E-state index contributed by atoms with van der Waals surface area (Å²) in [6.45, 7) is 3.36. The van der Waals surface area contributed by atoms with E-state index in [4.69, 9.17) is 16.3 Å². The van der Waals surface area contributed by atoms with Gasteiger partial charge in [-0.05, 0) is 63.8 Å². The van der Waals surface area contributed by atoms with Crippen molar-refractivity contribution in [2.24, 2.45) is 0 Å². The molecule has 0 atom stereocenters. The van der Waals surface area contributed by atoms with Crippen molar-refractivity contribution in [3.8, 4) is 5.75 Å². The second-order valence-corrected chi connectivity index (χ2v) is 7.31. The zero-order valence-electron chi connectivity index (χ0n) is 14.6. The van der Waals surface area contributed by atoms with Crippen LogP contribution in [0.4, 0.5) is 5.69 Å². The second-order valence-electron chi connectivity index (χ2n) is 6.05. The van der Waals surface area contributed by atoms with Crippen LogP contribution in [-0.4, -0.2) is 0 Å². The lowest BCUT2D eigenvalue weighted by molar-refractivity contribution is 0.304. The van der Waals surface area contributed by atoms with Gasteiger partial charge in [-0.3, -0.25) is 0 Å². The molecule has 0 spiro atoms. The predicted octanol–water partition coefficient (Wildman–Crippen LogP) is 6.86. The molecule has 2 nitrogen and oxygen atoms in total.